The predicted molar refractivity (Wildman–Crippen MR) is 79.6 cm³/mol. The van der Waals surface area contributed by atoms with E-state index >= 15 is 0 Å². The van der Waals surface area contributed by atoms with Crippen molar-refractivity contribution in [2.75, 3.05) is 30.4 Å². The molecule has 1 aliphatic rings. The van der Waals surface area contributed by atoms with Gasteiger partial charge in [-0.25, -0.2) is 4.79 Å². The summed E-state index contributed by atoms with van der Waals surface area (Å²) in [6.07, 6.45) is 0. The summed E-state index contributed by atoms with van der Waals surface area (Å²) in [7, 11) is 0. The molecule has 1 aromatic carbocycles. The fourth-order valence-electron chi connectivity index (χ4n) is 2.12. The van der Waals surface area contributed by atoms with Crippen LogP contribution in [-0.4, -0.2) is 47.5 Å². The van der Waals surface area contributed by atoms with Crippen molar-refractivity contribution in [3.8, 4) is 0 Å². The molecule has 2 rings (SSSR count). The van der Waals surface area contributed by atoms with Crippen LogP contribution >= 0.6 is 11.8 Å². The molecule has 1 aromatic rings. The molecular weight excluding hydrogens is 276 g/mol. The van der Waals surface area contributed by atoms with Crippen molar-refractivity contribution in [1.29, 1.82) is 0 Å². The summed E-state index contributed by atoms with van der Waals surface area (Å²) in [6, 6.07) is 6.30. The summed E-state index contributed by atoms with van der Waals surface area (Å²) in [4.78, 5) is 26.1. The lowest BCUT2D eigenvalue weighted by Gasteiger charge is -2.33. The highest BCUT2D eigenvalue weighted by molar-refractivity contribution is 7.99. The molecule has 1 fully saturated rings. The third-order valence-electron chi connectivity index (χ3n) is 3.08. The van der Waals surface area contributed by atoms with Crippen molar-refractivity contribution in [1.82, 2.24) is 4.90 Å². The van der Waals surface area contributed by atoms with Gasteiger partial charge >= 0.3 is 5.97 Å². The Labute approximate surface area is 122 Å². The number of carbonyl (C=O) groups is 2. The molecule has 1 saturated heterocycles. The monoisotopic (exact) mass is 294 g/mol. The number of benzene rings is 1. The summed E-state index contributed by atoms with van der Waals surface area (Å²) < 4.78 is 5.05. The lowest BCUT2D eigenvalue weighted by molar-refractivity contribution is -0.147. The van der Waals surface area contributed by atoms with Gasteiger partial charge in [0, 0.05) is 29.3 Å². The van der Waals surface area contributed by atoms with E-state index in [1.165, 1.54) is 0 Å². The summed E-state index contributed by atoms with van der Waals surface area (Å²) in [6.45, 7) is 2.63. The number of amides is 1. The maximum atomic E-state index is 12.5. The Morgan fingerprint density at radius 1 is 1.50 bits per heavy atom. The van der Waals surface area contributed by atoms with Gasteiger partial charge in [0.15, 0.2) is 0 Å². The molecule has 108 valence electrons. The van der Waals surface area contributed by atoms with E-state index in [0.29, 0.717) is 30.2 Å². The van der Waals surface area contributed by atoms with Crippen molar-refractivity contribution < 1.29 is 14.3 Å². The van der Waals surface area contributed by atoms with Gasteiger partial charge in [-0.05, 0) is 25.1 Å². The minimum absolute atomic E-state index is 0.171. The molecule has 5 nitrogen and oxygen atoms in total. The van der Waals surface area contributed by atoms with Gasteiger partial charge in [-0.1, -0.05) is 6.07 Å². The van der Waals surface area contributed by atoms with E-state index < -0.39 is 6.04 Å². The Balaban J connectivity index is 2.19. The van der Waals surface area contributed by atoms with Crippen LogP contribution in [0.1, 0.15) is 17.3 Å². The second-order valence-corrected chi connectivity index (χ2v) is 5.62. The molecule has 1 aliphatic heterocycles. The predicted octanol–water partition coefficient (Wildman–Crippen LogP) is 1.39. The molecule has 0 radical (unpaired) electrons. The molecule has 20 heavy (non-hydrogen) atoms. The minimum Gasteiger partial charge on any atom is -0.464 e. The van der Waals surface area contributed by atoms with Gasteiger partial charge < -0.3 is 15.4 Å². The topological polar surface area (TPSA) is 72.6 Å². The fraction of sp³-hybridized carbons (Fsp3) is 0.429. The molecule has 6 heteroatoms. The van der Waals surface area contributed by atoms with E-state index in [2.05, 4.69) is 0 Å². The van der Waals surface area contributed by atoms with Crippen LogP contribution in [-0.2, 0) is 9.53 Å². The SMILES string of the molecule is CCOC(=O)C1CSCCN1C(=O)c1cccc(N)c1. The Bertz CT molecular complexity index is 507. The van der Waals surface area contributed by atoms with Gasteiger partial charge in [0.2, 0.25) is 0 Å². The van der Waals surface area contributed by atoms with Crippen molar-refractivity contribution >= 4 is 29.3 Å². The zero-order chi connectivity index (χ0) is 14.5. The van der Waals surface area contributed by atoms with Crippen LogP contribution in [0.25, 0.3) is 0 Å². The van der Waals surface area contributed by atoms with Crippen LogP contribution in [0.4, 0.5) is 5.69 Å². The largest absolute Gasteiger partial charge is 0.464 e. The second kappa shape index (κ2) is 6.65. The van der Waals surface area contributed by atoms with E-state index in [1.807, 2.05) is 0 Å². The lowest BCUT2D eigenvalue weighted by Crippen LogP contribution is -2.51. The van der Waals surface area contributed by atoms with Gasteiger partial charge in [0.1, 0.15) is 6.04 Å². The molecule has 2 N–H and O–H groups in total. The molecular formula is C14H18N2O3S. The number of esters is 1. The number of hydrogen-bond donors (Lipinski definition) is 1. The van der Waals surface area contributed by atoms with E-state index in [-0.39, 0.29) is 11.9 Å². The fourth-order valence-corrected chi connectivity index (χ4v) is 3.15. The van der Waals surface area contributed by atoms with Gasteiger partial charge in [-0.15, -0.1) is 0 Å². The molecule has 0 spiro atoms. The average molecular weight is 294 g/mol. The maximum Gasteiger partial charge on any atom is 0.329 e. The molecule has 0 aliphatic carbocycles. The highest BCUT2D eigenvalue weighted by atomic mass is 32.2. The van der Waals surface area contributed by atoms with Crippen LogP contribution in [0.15, 0.2) is 24.3 Å². The standard InChI is InChI=1S/C14H18N2O3S/c1-2-19-14(18)12-9-20-7-6-16(12)13(17)10-4-3-5-11(15)8-10/h3-5,8,12H,2,6-7,9,15H2,1H3. The Morgan fingerprint density at radius 3 is 3.00 bits per heavy atom. The smallest absolute Gasteiger partial charge is 0.329 e. The molecule has 1 unspecified atom stereocenters. The summed E-state index contributed by atoms with van der Waals surface area (Å²) in [5.74, 6) is 0.893. The van der Waals surface area contributed by atoms with Crippen molar-refractivity contribution in [2.45, 2.75) is 13.0 Å². The zero-order valence-corrected chi connectivity index (χ0v) is 12.2. The number of thioether (sulfide) groups is 1. The first-order chi connectivity index (χ1) is 9.63. The van der Waals surface area contributed by atoms with Gasteiger partial charge in [-0.2, -0.15) is 11.8 Å². The molecule has 1 heterocycles. The number of nitrogens with zero attached hydrogens (tertiary/aromatic N) is 1. The molecule has 0 bridgehead atoms. The van der Waals surface area contributed by atoms with E-state index in [4.69, 9.17) is 10.5 Å². The zero-order valence-electron chi connectivity index (χ0n) is 11.4. The first-order valence-electron chi connectivity index (χ1n) is 6.54. The lowest BCUT2D eigenvalue weighted by atomic mass is 10.1. The van der Waals surface area contributed by atoms with Crippen LogP contribution < -0.4 is 5.73 Å². The van der Waals surface area contributed by atoms with E-state index in [1.54, 1.807) is 47.9 Å². The molecule has 1 atom stereocenters. The van der Waals surface area contributed by atoms with Crippen molar-refractivity contribution in [2.24, 2.45) is 0 Å². The van der Waals surface area contributed by atoms with Crippen molar-refractivity contribution in [3.63, 3.8) is 0 Å². The third-order valence-corrected chi connectivity index (χ3v) is 4.10. The van der Waals surface area contributed by atoms with Crippen LogP contribution in [0.2, 0.25) is 0 Å². The third kappa shape index (κ3) is 3.25. The first-order valence-corrected chi connectivity index (χ1v) is 7.70. The summed E-state index contributed by atoms with van der Waals surface area (Å²) >= 11 is 1.66. The summed E-state index contributed by atoms with van der Waals surface area (Å²) in [5.41, 5.74) is 6.74. The summed E-state index contributed by atoms with van der Waals surface area (Å²) in [5, 5.41) is 0. The van der Waals surface area contributed by atoms with Gasteiger partial charge in [0.05, 0.1) is 6.61 Å². The highest BCUT2D eigenvalue weighted by Gasteiger charge is 2.34. The quantitative estimate of drug-likeness (QED) is 0.673. The molecule has 0 aromatic heterocycles. The number of nitrogens with two attached hydrogens (primary N) is 1. The second-order valence-electron chi connectivity index (χ2n) is 4.47. The number of ether oxygens (including phenoxy) is 1. The van der Waals surface area contributed by atoms with E-state index in [9.17, 15) is 9.59 Å². The Kier molecular flexibility index (Phi) is 4.89. The van der Waals surface area contributed by atoms with Crippen LogP contribution in [0.3, 0.4) is 0 Å². The minimum atomic E-state index is -0.511. The number of carbonyl (C=O) groups excluding carboxylic acids is 2. The first kappa shape index (κ1) is 14.7. The van der Waals surface area contributed by atoms with Gasteiger partial charge in [0.25, 0.3) is 5.91 Å². The van der Waals surface area contributed by atoms with Crippen LogP contribution in [0.5, 0.6) is 0 Å². The van der Waals surface area contributed by atoms with E-state index in [0.717, 1.165) is 5.75 Å². The Morgan fingerprint density at radius 2 is 2.30 bits per heavy atom. The molecule has 0 saturated carbocycles. The maximum absolute atomic E-state index is 12.5. The normalized spacial score (nSPS) is 18.6. The highest BCUT2D eigenvalue weighted by Crippen LogP contribution is 2.21. The number of anilines is 1. The number of nitrogen functional groups attached to an aromatic ring is 1. The molecule has 1 amide bonds. The van der Waals surface area contributed by atoms with Crippen molar-refractivity contribution in [3.05, 3.63) is 29.8 Å². The number of hydrogen-bond acceptors (Lipinski definition) is 5. The average Bonchev–Trinajstić information content (AvgIpc) is 2.47. The number of rotatable bonds is 3. The van der Waals surface area contributed by atoms with Crippen LogP contribution in [0, 0.1) is 0 Å². The Hall–Kier alpha value is -1.69. The van der Waals surface area contributed by atoms with Gasteiger partial charge in [-0.3, -0.25) is 4.79 Å².